The molecule has 13 nitrogen and oxygen atoms in total. The number of ether oxygens (including phenoxy) is 2. The first-order valence-electron chi connectivity index (χ1n) is 17.7. The number of hydrogen-bond donors (Lipinski definition) is 2. The van der Waals surface area contributed by atoms with Crippen molar-refractivity contribution in [2.24, 2.45) is 0 Å². The number of pyridine rings is 1. The molecule has 6 heterocycles. The minimum absolute atomic E-state index is 0.0903. The number of rotatable bonds is 8. The number of benzene rings is 2. The normalized spacial score (nSPS) is 23.5. The SMILES string of the molecule is C#Cc1c(F)ccc2cc(O)cc(-c3ncc4c(N5CC6CCC(C5)N6P(=O)(NCC(=O)OC)OC)nc(OC)nc4c3F)c12.F[C@@H]1CC2CCCN2C1. The maximum absolute atomic E-state index is 16.5. The predicted molar refractivity (Wildman–Crippen MR) is 196 cm³/mol. The highest BCUT2D eigenvalue weighted by atomic mass is 31.2. The van der Waals surface area contributed by atoms with E-state index in [-0.39, 0.29) is 63.5 Å². The molecule has 4 aliphatic heterocycles. The molecule has 17 heteroatoms. The molecule has 2 aromatic carbocycles. The van der Waals surface area contributed by atoms with Gasteiger partial charge in [-0.05, 0) is 62.2 Å². The van der Waals surface area contributed by atoms with Crippen molar-refractivity contribution in [3.63, 3.8) is 0 Å². The molecule has 54 heavy (non-hydrogen) atoms. The lowest BCUT2D eigenvalue weighted by Gasteiger charge is -2.44. The van der Waals surface area contributed by atoms with E-state index >= 15 is 4.39 Å². The van der Waals surface area contributed by atoms with E-state index in [4.69, 9.17) is 15.7 Å². The first kappa shape index (κ1) is 37.8. The molecule has 2 aromatic heterocycles. The van der Waals surface area contributed by atoms with Crippen LogP contribution >= 0.6 is 7.67 Å². The maximum Gasteiger partial charge on any atom is 0.344 e. The fraction of sp³-hybridized carbons (Fsp3) is 0.459. The fourth-order valence-corrected chi connectivity index (χ4v) is 10.3. The molecule has 0 aliphatic carbocycles. The average molecular weight is 768 g/mol. The number of carbonyl (C=O) groups is 1. The molecular formula is C37H41F3N7O6P. The Morgan fingerprint density at radius 2 is 1.85 bits per heavy atom. The van der Waals surface area contributed by atoms with Gasteiger partial charge in [0.2, 0.25) is 0 Å². The zero-order valence-electron chi connectivity index (χ0n) is 30.1. The molecule has 2 bridgehead atoms. The van der Waals surface area contributed by atoms with Crippen molar-refractivity contribution < 1.29 is 41.6 Å². The van der Waals surface area contributed by atoms with Gasteiger partial charge >= 0.3 is 19.7 Å². The lowest BCUT2D eigenvalue weighted by atomic mass is 9.96. The van der Waals surface area contributed by atoms with Crippen molar-refractivity contribution in [3.8, 4) is 35.4 Å². The summed E-state index contributed by atoms with van der Waals surface area (Å²) in [7, 11) is 0.331. The number of nitrogens with zero attached hydrogens (tertiary/aromatic N) is 6. The van der Waals surface area contributed by atoms with Gasteiger partial charge in [0.1, 0.15) is 41.3 Å². The van der Waals surface area contributed by atoms with E-state index in [0.717, 1.165) is 13.0 Å². The molecule has 2 N–H and O–H groups in total. The fourth-order valence-electron chi connectivity index (χ4n) is 8.28. The zero-order chi connectivity index (χ0) is 38.3. The van der Waals surface area contributed by atoms with Crippen LogP contribution in [0.2, 0.25) is 0 Å². The first-order valence-corrected chi connectivity index (χ1v) is 19.3. The number of esters is 1. The summed E-state index contributed by atoms with van der Waals surface area (Å²) in [5, 5.41) is 14.1. The van der Waals surface area contributed by atoms with Gasteiger partial charge in [-0.3, -0.25) is 19.2 Å². The molecular weight excluding hydrogens is 726 g/mol. The number of phenolic OH excluding ortho intramolecular Hbond substituents is 1. The topological polar surface area (TPSA) is 142 Å². The minimum atomic E-state index is -3.59. The summed E-state index contributed by atoms with van der Waals surface area (Å²) in [5.41, 5.74) is -0.293. The van der Waals surface area contributed by atoms with Crippen LogP contribution in [0.15, 0.2) is 30.5 Å². The predicted octanol–water partition coefficient (Wildman–Crippen LogP) is 5.18. The van der Waals surface area contributed by atoms with Gasteiger partial charge in [0.25, 0.3) is 0 Å². The number of terminal acetylenes is 1. The number of nitrogens with one attached hydrogen (secondary N) is 1. The molecule has 5 atom stereocenters. The number of fused-ring (bicyclic) bond motifs is 5. The molecule has 0 amide bonds. The Morgan fingerprint density at radius 1 is 1.09 bits per heavy atom. The second-order valence-corrected chi connectivity index (χ2v) is 16.0. The summed E-state index contributed by atoms with van der Waals surface area (Å²) >= 11 is 0. The van der Waals surface area contributed by atoms with Gasteiger partial charge in [-0.1, -0.05) is 12.0 Å². The molecule has 4 saturated heterocycles. The maximum atomic E-state index is 16.5. The number of halogens is 3. The molecule has 286 valence electrons. The summed E-state index contributed by atoms with van der Waals surface area (Å²) in [6.45, 7) is 2.27. The van der Waals surface area contributed by atoms with E-state index in [1.807, 2.05) is 4.90 Å². The molecule has 4 unspecified atom stereocenters. The van der Waals surface area contributed by atoms with E-state index < -0.39 is 31.4 Å². The van der Waals surface area contributed by atoms with Crippen LogP contribution in [0.5, 0.6) is 11.8 Å². The number of carbonyl (C=O) groups excluding carboxylic acids is 1. The summed E-state index contributed by atoms with van der Waals surface area (Å²) < 4.78 is 74.8. The largest absolute Gasteiger partial charge is 0.508 e. The highest BCUT2D eigenvalue weighted by molar-refractivity contribution is 7.54. The number of piperazine rings is 1. The van der Waals surface area contributed by atoms with Gasteiger partial charge in [-0.15, -0.1) is 6.42 Å². The molecule has 0 saturated carbocycles. The van der Waals surface area contributed by atoms with Crippen molar-refractivity contribution in [3.05, 3.63) is 47.7 Å². The van der Waals surface area contributed by atoms with E-state index in [2.05, 4.69) is 35.6 Å². The van der Waals surface area contributed by atoms with Gasteiger partial charge in [-0.2, -0.15) is 9.97 Å². The highest BCUT2D eigenvalue weighted by Crippen LogP contribution is 2.54. The third-order valence-electron chi connectivity index (χ3n) is 10.7. The number of aromatic hydroxyl groups is 1. The van der Waals surface area contributed by atoms with Gasteiger partial charge in [0, 0.05) is 62.0 Å². The van der Waals surface area contributed by atoms with Crippen LogP contribution in [0.4, 0.5) is 19.0 Å². The van der Waals surface area contributed by atoms with Crippen molar-refractivity contribution >= 4 is 41.1 Å². The number of anilines is 1. The molecule has 0 spiro atoms. The van der Waals surface area contributed by atoms with E-state index in [1.165, 1.54) is 64.6 Å². The molecule has 4 aliphatic rings. The number of alkyl halides is 1. The first-order chi connectivity index (χ1) is 26.0. The molecule has 4 fully saturated rings. The third-order valence-corrected chi connectivity index (χ3v) is 13.0. The van der Waals surface area contributed by atoms with Crippen molar-refractivity contribution in [1.29, 1.82) is 0 Å². The average Bonchev–Trinajstić information content (AvgIpc) is 3.84. The van der Waals surface area contributed by atoms with Crippen LogP contribution in [0.3, 0.4) is 0 Å². The Bertz CT molecular complexity index is 2160. The summed E-state index contributed by atoms with van der Waals surface area (Å²) in [6, 6.07) is 5.33. The Labute approximate surface area is 310 Å². The van der Waals surface area contributed by atoms with Crippen molar-refractivity contribution in [1.82, 2.24) is 29.6 Å². The van der Waals surface area contributed by atoms with Gasteiger partial charge < -0.3 is 24.0 Å². The van der Waals surface area contributed by atoms with Crippen LogP contribution in [-0.4, -0.2) is 114 Å². The lowest BCUT2D eigenvalue weighted by Crippen LogP contribution is -2.54. The molecule has 4 aromatic rings. The summed E-state index contributed by atoms with van der Waals surface area (Å²) in [5.74, 6) is 0.411. The molecule has 0 radical (unpaired) electrons. The Hall–Kier alpha value is -4.52. The van der Waals surface area contributed by atoms with Crippen LogP contribution in [0, 0.1) is 24.0 Å². The monoisotopic (exact) mass is 767 g/mol. The summed E-state index contributed by atoms with van der Waals surface area (Å²) in [4.78, 5) is 29.2. The Morgan fingerprint density at radius 3 is 2.52 bits per heavy atom. The Kier molecular flexibility index (Phi) is 10.7. The van der Waals surface area contributed by atoms with Gasteiger partial charge in [-0.25, -0.2) is 22.9 Å². The smallest absolute Gasteiger partial charge is 0.344 e. The lowest BCUT2D eigenvalue weighted by molar-refractivity contribution is -0.139. The van der Waals surface area contributed by atoms with Crippen LogP contribution in [0.1, 0.15) is 37.7 Å². The summed E-state index contributed by atoms with van der Waals surface area (Å²) in [6.07, 6.45) is 11.2. The quantitative estimate of drug-likeness (QED) is 0.138. The van der Waals surface area contributed by atoms with Crippen molar-refractivity contribution in [2.45, 2.75) is 56.4 Å². The standard InChI is InChI=1S/C30H29F2N6O6P.C7H12FN/c1-5-20-23(31)9-6-16-10-19(39)11-21(25(16)20)27-26(32)28-22(12-33-27)29(36-30(35-28)43-3)37-14-17-7-8-18(15-37)38(17)45(41,44-4)34-13-24(40)42-2;8-6-4-7-2-1-3-9(7)5-6/h1,6,9-12,17-18,39H,7-8,13-15H2,2-4H3,(H,34,41);6-7H,1-5H2/t;6-,7?/m.1/s1. The second-order valence-electron chi connectivity index (χ2n) is 13.8. The van der Waals surface area contributed by atoms with Crippen LogP contribution in [0.25, 0.3) is 32.9 Å². The molecule has 8 rings (SSSR count). The van der Waals surface area contributed by atoms with Crippen molar-refractivity contribution in [2.75, 3.05) is 59.0 Å². The van der Waals surface area contributed by atoms with E-state index in [0.29, 0.717) is 49.7 Å². The minimum Gasteiger partial charge on any atom is -0.508 e. The van der Waals surface area contributed by atoms with Crippen LogP contribution in [-0.2, 0) is 18.6 Å². The number of aromatic nitrogens is 3. The second kappa shape index (κ2) is 15.3. The third kappa shape index (κ3) is 6.95. The van der Waals surface area contributed by atoms with Gasteiger partial charge in [0.05, 0.1) is 25.2 Å². The number of hydrogen-bond acceptors (Lipinski definition) is 11. The van der Waals surface area contributed by atoms with E-state index in [9.17, 15) is 23.2 Å². The van der Waals surface area contributed by atoms with Gasteiger partial charge in [0.15, 0.2) is 5.82 Å². The van der Waals surface area contributed by atoms with E-state index in [1.54, 1.807) is 4.67 Å². The number of phenols is 1. The number of methoxy groups -OCH3 is 2. The highest BCUT2D eigenvalue weighted by Gasteiger charge is 2.50. The van der Waals surface area contributed by atoms with Crippen LogP contribution < -0.4 is 14.7 Å². The Balaban J connectivity index is 0.000000433. The zero-order valence-corrected chi connectivity index (χ0v) is 31.0.